The second-order valence-corrected chi connectivity index (χ2v) is 8.95. The van der Waals surface area contributed by atoms with Gasteiger partial charge in [-0.2, -0.15) is 0 Å². The molecule has 1 fully saturated rings. The summed E-state index contributed by atoms with van der Waals surface area (Å²) in [4.78, 5) is 3.25. The monoisotopic (exact) mass is 368 g/mol. The van der Waals surface area contributed by atoms with E-state index in [0.717, 1.165) is 21.8 Å². The molecule has 1 atom stereocenters. The molecule has 1 saturated heterocycles. The van der Waals surface area contributed by atoms with Gasteiger partial charge < -0.3 is 9.64 Å². The highest BCUT2D eigenvalue weighted by Crippen LogP contribution is 2.29. The molecule has 1 aromatic heterocycles. The number of hydrogen-bond donors (Lipinski definition) is 1. The fraction of sp³-hybridized carbons (Fsp3) is 0.636. The normalized spacial score (nSPS) is 21.7. The molecule has 1 aliphatic rings. The quantitative estimate of drug-likeness (QED) is 0.873. The molecule has 108 valence electrons. The minimum atomic E-state index is -3.46. The first-order chi connectivity index (χ1) is 8.88. The average Bonchev–Trinajstić information content (AvgIpc) is 2.67. The summed E-state index contributed by atoms with van der Waals surface area (Å²) < 4.78 is 33.4. The van der Waals surface area contributed by atoms with Crippen molar-refractivity contribution < 1.29 is 13.2 Å². The molecular weight excluding hydrogens is 352 g/mol. The van der Waals surface area contributed by atoms with Gasteiger partial charge in [-0.3, -0.25) is 0 Å². The van der Waals surface area contributed by atoms with Crippen molar-refractivity contribution in [3.63, 3.8) is 0 Å². The van der Waals surface area contributed by atoms with Gasteiger partial charge in [0.25, 0.3) is 0 Å². The molecule has 0 saturated carbocycles. The number of thiophene rings is 1. The Morgan fingerprint density at radius 3 is 2.95 bits per heavy atom. The number of morpholine rings is 1. The maximum Gasteiger partial charge on any atom is 0.241 e. The highest BCUT2D eigenvalue weighted by Gasteiger charge is 2.23. The van der Waals surface area contributed by atoms with Crippen LogP contribution in [0, 0.1) is 6.92 Å². The van der Waals surface area contributed by atoms with Crippen LogP contribution in [0.5, 0.6) is 0 Å². The largest absolute Gasteiger partial charge is 0.374 e. The van der Waals surface area contributed by atoms with Crippen molar-refractivity contribution >= 4 is 37.3 Å². The van der Waals surface area contributed by atoms with Gasteiger partial charge in [0.1, 0.15) is 0 Å². The molecule has 0 aliphatic carbocycles. The third-order valence-electron chi connectivity index (χ3n) is 2.97. The number of halogens is 1. The van der Waals surface area contributed by atoms with Crippen LogP contribution in [0.1, 0.15) is 4.88 Å². The Labute approximate surface area is 126 Å². The average molecular weight is 369 g/mol. The van der Waals surface area contributed by atoms with E-state index >= 15 is 0 Å². The predicted octanol–water partition coefficient (Wildman–Crippen LogP) is 1.43. The van der Waals surface area contributed by atoms with Gasteiger partial charge in [0, 0.05) is 24.5 Å². The van der Waals surface area contributed by atoms with E-state index in [1.807, 2.05) is 7.05 Å². The first-order valence-electron chi connectivity index (χ1n) is 5.94. The van der Waals surface area contributed by atoms with E-state index in [4.69, 9.17) is 4.74 Å². The molecule has 1 aliphatic heterocycles. The van der Waals surface area contributed by atoms with E-state index in [1.54, 1.807) is 13.0 Å². The van der Waals surface area contributed by atoms with Crippen LogP contribution in [-0.4, -0.2) is 52.7 Å². The molecule has 19 heavy (non-hydrogen) atoms. The molecule has 0 radical (unpaired) electrons. The molecule has 1 unspecified atom stereocenters. The molecule has 2 rings (SSSR count). The number of aryl methyl sites for hydroxylation is 1. The summed E-state index contributed by atoms with van der Waals surface area (Å²) in [6, 6.07) is 1.64. The summed E-state index contributed by atoms with van der Waals surface area (Å²) in [5.41, 5.74) is 0. The van der Waals surface area contributed by atoms with Gasteiger partial charge in [-0.15, -0.1) is 11.3 Å². The number of rotatable bonds is 4. The van der Waals surface area contributed by atoms with Crippen LogP contribution in [0.25, 0.3) is 0 Å². The summed E-state index contributed by atoms with van der Waals surface area (Å²) in [6.07, 6.45) is -0.0871. The number of sulfonamides is 1. The maximum atomic E-state index is 12.2. The van der Waals surface area contributed by atoms with Crippen molar-refractivity contribution in [2.45, 2.75) is 17.9 Å². The Bertz CT molecular complexity index is 544. The molecule has 2 heterocycles. The lowest BCUT2D eigenvalue weighted by Gasteiger charge is -2.30. The first-order valence-corrected chi connectivity index (χ1v) is 9.03. The van der Waals surface area contributed by atoms with Gasteiger partial charge in [-0.25, -0.2) is 13.1 Å². The van der Waals surface area contributed by atoms with Crippen LogP contribution in [0.15, 0.2) is 14.7 Å². The lowest BCUT2D eigenvalue weighted by molar-refractivity contribution is -0.0156. The van der Waals surface area contributed by atoms with Crippen LogP contribution >= 0.6 is 27.3 Å². The smallest absolute Gasteiger partial charge is 0.241 e. The van der Waals surface area contributed by atoms with Gasteiger partial charge >= 0.3 is 0 Å². The van der Waals surface area contributed by atoms with Crippen LogP contribution < -0.4 is 4.72 Å². The fourth-order valence-electron chi connectivity index (χ4n) is 1.97. The van der Waals surface area contributed by atoms with Crippen molar-refractivity contribution in [3.8, 4) is 0 Å². The Hall–Kier alpha value is 0.01000. The summed E-state index contributed by atoms with van der Waals surface area (Å²) >= 11 is 4.72. The SMILES string of the molecule is Cc1sc(Br)cc1S(=O)(=O)NCC1CN(C)CCO1. The molecule has 0 spiro atoms. The molecule has 0 amide bonds. The van der Waals surface area contributed by atoms with E-state index in [0.29, 0.717) is 18.0 Å². The zero-order valence-corrected chi connectivity index (χ0v) is 14.1. The number of likely N-dealkylation sites (N-methyl/N-ethyl adjacent to an activating group) is 1. The molecule has 1 aromatic rings. The molecular formula is C11H17BrN2O3S2. The van der Waals surface area contributed by atoms with Crippen molar-refractivity contribution in [1.82, 2.24) is 9.62 Å². The zero-order chi connectivity index (χ0) is 14.0. The minimum Gasteiger partial charge on any atom is -0.374 e. The highest BCUT2D eigenvalue weighted by atomic mass is 79.9. The second-order valence-electron chi connectivity index (χ2n) is 4.58. The summed E-state index contributed by atoms with van der Waals surface area (Å²) in [6.45, 7) is 4.38. The van der Waals surface area contributed by atoms with Gasteiger partial charge in [0.05, 0.1) is 21.4 Å². The van der Waals surface area contributed by atoms with Crippen LogP contribution in [0.2, 0.25) is 0 Å². The first kappa shape index (κ1) is 15.4. The number of nitrogens with one attached hydrogen (secondary N) is 1. The minimum absolute atomic E-state index is 0.0871. The predicted molar refractivity (Wildman–Crippen MR) is 79.2 cm³/mol. The van der Waals surface area contributed by atoms with Gasteiger partial charge in [0.2, 0.25) is 10.0 Å². The Balaban J connectivity index is 2.00. The molecule has 5 nitrogen and oxygen atoms in total. The summed E-state index contributed by atoms with van der Waals surface area (Å²) in [7, 11) is -1.45. The lowest BCUT2D eigenvalue weighted by atomic mass is 10.3. The topological polar surface area (TPSA) is 58.6 Å². The van der Waals surface area contributed by atoms with Gasteiger partial charge in [-0.1, -0.05) is 0 Å². The molecule has 1 N–H and O–H groups in total. The van der Waals surface area contributed by atoms with Crippen molar-refractivity contribution in [3.05, 3.63) is 14.7 Å². The van der Waals surface area contributed by atoms with Crippen LogP contribution in [0.3, 0.4) is 0 Å². The second kappa shape index (κ2) is 6.19. The maximum absolute atomic E-state index is 12.2. The molecule has 0 aromatic carbocycles. The van der Waals surface area contributed by atoms with Gasteiger partial charge in [0.15, 0.2) is 0 Å². The third kappa shape index (κ3) is 3.99. The summed E-state index contributed by atoms with van der Waals surface area (Å²) in [5.74, 6) is 0. The fourth-order valence-corrected chi connectivity index (χ4v) is 5.45. The van der Waals surface area contributed by atoms with E-state index in [9.17, 15) is 8.42 Å². The Morgan fingerprint density at radius 2 is 2.37 bits per heavy atom. The Morgan fingerprint density at radius 1 is 1.63 bits per heavy atom. The van der Waals surface area contributed by atoms with Crippen molar-refractivity contribution in [1.29, 1.82) is 0 Å². The number of hydrogen-bond acceptors (Lipinski definition) is 5. The van der Waals surface area contributed by atoms with Crippen LogP contribution in [0.4, 0.5) is 0 Å². The zero-order valence-electron chi connectivity index (χ0n) is 10.8. The highest BCUT2D eigenvalue weighted by molar-refractivity contribution is 9.11. The van der Waals surface area contributed by atoms with Crippen molar-refractivity contribution in [2.24, 2.45) is 0 Å². The molecule has 8 heteroatoms. The number of ether oxygens (including phenoxy) is 1. The van der Waals surface area contributed by atoms with E-state index in [1.165, 1.54) is 11.3 Å². The van der Waals surface area contributed by atoms with E-state index in [-0.39, 0.29) is 6.10 Å². The Kier molecular flexibility index (Phi) is 5.02. The van der Waals surface area contributed by atoms with Crippen LogP contribution in [-0.2, 0) is 14.8 Å². The lowest BCUT2D eigenvalue weighted by Crippen LogP contribution is -2.45. The molecule has 0 bridgehead atoms. The number of nitrogens with zero attached hydrogens (tertiary/aromatic N) is 1. The third-order valence-corrected chi connectivity index (χ3v) is 6.21. The summed E-state index contributed by atoms with van der Waals surface area (Å²) in [5, 5.41) is 0. The standard InChI is InChI=1S/C11H17BrN2O3S2/c1-8-10(5-11(12)18-8)19(15,16)13-6-9-7-14(2)3-4-17-9/h5,9,13H,3-4,6-7H2,1-2H3. The van der Waals surface area contributed by atoms with Crippen molar-refractivity contribution in [2.75, 3.05) is 33.3 Å². The van der Waals surface area contributed by atoms with Gasteiger partial charge in [-0.05, 0) is 36.0 Å². The van der Waals surface area contributed by atoms with E-state index in [2.05, 4.69) is 25.6 Å². The van der Waals surface area contributed by atoms with E-state index < -0.39 is 10.0 Å².